The maximum absolute atomic E-state index is 14.3. The molecule has 13 nitrogen and oxygen atoms in total. The molecule has 0 aliphatic carbocycles. The molecule has 264 valence electrons. The summed E-state index contributed by atoms with van der Waals surface area (Å²) >= 11 is 0. The van der Waals surface area contributed by atoms with Crippen molar-refractivity contribution >= 4 is 31.6 Å². The molecule has 48 heavy (non-hydrogen) atoms. The van der Waals surface area contributed by atoms with Gasteiger partial charge in [-0.05, 0) is 75.6 Å². The average Bonchev–Trinajstić information content (AvgIpc) is 3.49. The van der Waals surface area contributed by atoms with Crippen LogP contribution >= 0.6 is 0 Å². The molecule has 0 bridgehead atoms. The van der Waals surface area contributed by atoms with Gasteiger partial charge in [-0.1, -0.05) is 6.92 Å². The molecule has 16 heteroatoms. The number of imidazole rings is 1. The van der Waals surface area contributed by atoms with Crippen LogP contribution in [-0.2, 0) is 31.8 Å². The number of nitrogens with zero attached hydrogens (tertiary/aromatic N) is 4. The smallest absolute Gasteiger partial charge is 0.261 e. The molecule has 2 aromatic carbocycles. The van der Waals surface area contributed by atoms with E-state index in [1.165, 1.54) is 47.0 Å². The first-order valence-electron chi connectivity index (χ1n) is 15.7. The number of hydrogen-bond acceptors (Lipinski definition) is 9. The highest BCUT2D eigenvalue weighted by Gasteiger charge is 2.33. The van der Waals surface area contributed by atoms with Crippen molar-refractivity contribution < 1.29 is 40.6 Å². The van der Waals surface area contributed by atoms with Crippen LogP contribution in [0.5, 0.6) is 5.75 Å². The number of aliphatic hydroxyl groups excluding tert-OH is 1. The van der Waals surface area contributed by atoms with E-state index in [2.05, 4.69) is 9.71 Å². The largest absolute Gasteiger partial charge is 0.490 e. The van der Waals surface area contributed by atoms with Gasteiger partial charge in [-0.2, -0.15) is 4.31 Å². The van der Waals surface area contributed by atoms with E-state index >= 15 is 0 Å². The lowest BCUT2D eigenvalue weighted by Crippen LogP contribution is -2.48. The van der Waals surface area contributed by atoms with Crippen LogP contribution in [0, 0.1) is 11.7 Å². The number of halogens is 1. The lowest BCUT2D eigenvalue weighted by atomic mass is 10.0. The maximum atomic E-state index is 14.3. The zero-order valence-electron chi connectivity index (χ0n) is 27.7. The van der Waals surface area contributed by atoms with E-state index < -0.39 is 49.8 Å². The number of hydrogen-bond donors (Lipinski definition) is 2. The fourth-order valence-electron chi connectivity index (χ4n) is 5.31. The van der Waals surface area contributed by atoms with Crippen molar-refractivity contribution in [3.05, 3.63) is 66.4 Å². The molecule has 2 heterocycles. The number of fused-ring (bicyclic) bond motifs is 1. The average molecular weight is 710 g/mol. The number of nitrogens with one attached hydrogen (secondary N) is 1. The number of aromatic nitrogens is 2. The summed E-state index contributed by atoms with van der Waals surface area (Å²) in [5.41, 5.74) is 0.147. The van der Waals surface area contributed by atoms with E-state index in [-0.39, 0.29) is 52.7 Å². The number of likely N-dealkylation sites (N-methyl/N-ethyl adjacent to an activating group) is 1. The van der Waals surface area contributed by atoms with Gasteiger partial charge in [-0.3, -0.25) is 9.52 Å². The second kappa shape index (κ2) is 15.8. The predicted octanol–water partition coefficient (Wildman–Crippen LogP) is 3.48. The van der Waals surface area contributed by atoms with Gasteiger partial charge in [0.15, 0.2) is 5.03 Å². The van der Waals surface area contributed by atoms with E-state index in [1.54, 1.807) is 18.5 Å². The van der Waals surface area contributed by atoms with Crippen molar-refractivity contribution in [2.24, 2.45) is 13.0 Å². The van der Waals surface area contributed by atoms with Gasteiger partial charge >= 0.3 is 0 Å². The highest BCUT2D eigenvalue weighted by molar-refractivity contribution is 7.92. The predicted molar refractivity (Wildman–Crippen MR) is 177 cm³/mol. The van der Waals surface area contributed by atoms with Crippen molar-refractivity contribution in [1.29, 1.82) is 0 Å². The summed E-state index contributed by atoms with van der Waals surface area (Å²) in [6.07, 6.45) is 3.93. The summed E-state index contributed by atoms with van der Waals surface area (Å²) in [5.74, 6) is -1.28. The normalized spacial score (nSPS) is 20.9. The Morgan fingerprint density at radius 1 is 1.12 bits per heavy atom. The van der Waals surface area contributed by atoms with Crippen LogP contribution in [0.15, 0.2) is 64.9 Å². The summed E-state index contributed by atoms with van der Waals surface area (Å²) in [5, 5.41) is 10.1. The third kappa shape index (κ3) is 9.11. The maximum Gasteiger partial charge on any atom is 0.261 e. The Bertz CT molecular complexity index is 1770. The van der Waals surface area contributed by atoms with Crippen LogP contribution in [0.3, 0.4) is 0 Å². The molecular weight excluding hydrogens is 666 g/mol. The lowest BCUT2D eigenvalue weighted by Gasteiger charge is -2.35. The van der Waals surface area contributed by atoms with Crippen molar-refractivity contribution in [2.75, 3.05) is 38.1 Å². The van der Waals surface area contributed by atoms with Gasteiger partial charge in [0, 0.05) is 51.6 Å². The van der Waals surface area contributed by atoms with Crippen LogP contribution in [0.1, 0.15) is 50.4 Å². The molecule has 0 spiro atoms. The SMILES string of the molecule is C[C@@H]1CN([C@@H](C)CO)C(=O)c2cc(NS(=O)(=O)c3ccc(F)cc3)ccc2O[C@@H](C)CCCCO[C@H]1CN(C)S(=O)(=O)c1cn(C)cn1. The molecule has 0 saturated heterocycles. The number of rotatable bonds is 9. The first kappa shape index (κ1) is 37.3. The van der Waals surface area contributed by atoms with Crippen LogP contribution in [0.4, 0.5) is 10.1 Å². The molecule has 2 N–H and O–H groups in total. The van der Waals surface area contributed by atoms with Gasteiger partial charge in [-0.25, -0.2) is 26.2 Å². The van der Waals surface area contributed by atoms with Gasteiger partial charge in [0.25, 0.3) is 26.0 Å². The van der Waals surface area contributed by atoms with Crippen molar-refractivity contribution in [3.8, 4) is 5.75 Å². The molecule has 1 aliphatic rings. The van der Waals surface area contributed by atoms with E-state index in [0.717, 1.165) is 30.7 Å². The van der Waals surface area contributed by atoms with Gasteiger partial charge in [0.05, 0.1) is 41.6 Å². The number of carbonyl (C=O) groups is 1. The Balaban J connectivity index is 1.68. The zero-order valence-corrected chi connectivity index (χ0v) is 29.4. The number of ether oxygens (including phenoxy) is 2. The number of aliphatic hydroxyl groups is 1. The Labute approximate surface area is 281 Å². The molecule has 0 unspecified atom stereocenters. The quantitative estimate of drug-likeness (QED) is 0.339. The third-order valence-corrected chi connectivity index (χ3v) is 11.3. The minimum absolute atomic E-state index is 0.0129. The second-order valence-electron chi connectivity index (χ2n) is 12.2. The summed E-state index contributed by atoms with van der Waals surface area (Å²) < 4.78 is 83.8. The van der Waals surface area contributed by atoms with Gasteiger partial charge in [0.2, 0.25) is 0 Å². The van der Waals surface area contributed by atoms with Gasteiger partial charge in [-0.15, -0.1) is 0 Å². The number of benzene rings is 2. The molecular formula is C32H44FN5O8S2. The summed E-state index contributed by atoms with van der Waals surface area (Å²) in [6, 6.07) is 8.05. The van der Waals surface area contributed by atoms with Crippen molar-refractivity contribution in [2.45, 2.75) is 68.2 Å². The monoisotopic (exact) mass is 709 g/mol. The minimum Gasteiger partial charge on any atom is -0.490 e. The molecule has 0 fully saturated rings. The number of carbonyl (C=O) groups excluding carboxylic acids is 1. The van der Waals surface area contributed by atoms with Crippen LogP contribution in [-0.4, -0.2) is 98.2 Å². The van der Waals surface area contributed by atoms with Crippen molar-refractivity contribution in [1.82, 2.24) is 18.8 Å². The minimum atomic E-state index is -4.13. The van der Waals surface area contributed by atoms with Crippen molar-refractivity contribution in [3.63, 3.8) is 0 Å². The topological polar surface area (TPSA) is 160 Å². The van der Waals surface area contributed by atoms with Gasteiger partial charge in [0.1, 0.15) is 11.6 Å². The number of aryl methyl sites for hydroxylation is 1. The Morgan fingerprint density at radius 2 is 1.83 bits per heavy atom. The molecule has 4 rings (SSSR count). The zero-order chi connectivity index (χ0) is 35.2. The fraction of sp³-hybridized carbons (Fsp3) is 0.500. The third-order valence-electron chi connectivity index (χ3n) is 8.22. The molecule has 1 aromatic heterocycles. The molecule has 4 atom stereocenters. The van der Waals surface area contributed by atoms with E-state index in [9.17, 15) is 31.1 Å². The highest BCUT2D eigenvalue weighted by Crippen LogP contribution is 2.30. The lowest BCUT2D eigenvalue weighted by molar-refractivity contribution is -0.00835. The molecule has 1 amide bonds. The summed E-state index contributed by atoms with van der Waals surface area (Å²) in [7, 11) is -4.92. The van der Waals surface area contributed by atoms with E-state index in [4.69, 9.17) is 9.47 Å². The Kier molecular flexibility index (Phi) is 12.2. The summed E-state index contributed by atoms with van der Waals surface area (Å²) in [6.45, 7) is 5.42. The number of sulfonamides is 2. The Hall–Kier alpha value is -3.57. The van der Waals surface area contributed by atoms with E-state index in [1.807, 2.05) is 13.8 Å². The molecule has 0 radical (unpaired) electrons. The van der Waals surface area contributed by atoms with Crippen LogP contribution in [0.25, 0.3) is 0 Å². The standard InChI is InChI=1S/C32H44FN5O8S2/c1-22-17-38(23(2)20-39)32(40)28-16-26(35-47(41,42)27-12-9-25(33)10-13-27)11-14-29(28)46-24(3)8-6-7-15-45-30(22)18-37(5)48(43,44)31-19-36(4)21-34-31/h9-14,16,19,21-24,30,35,39H,6-8,15,17-18,20H2,1-5H3/t22-,23+,24+,30+/m1/s1. The van der Waals surface area contributed by atoms with Crippen LogP contribution in [0.2, 0.25) is 0 Å². The number of amides is 1. The first-order valence-corrected chi connectivity index (χ1v) is 18.6. The fourth-order valence-corrected chi connectivity index (χ4v) is 7.50. The summed E-state index contributed by atoms with van der Waals surface area (Å²) in [4.78, 5) is 19.6. The van der Waals surface area contributed by atoms with Gasteiger partial charge < -0.3 is 24.0 Å². The molecule has 0 saturated carbocycles. The first-order chi connectivity index (χ1) is 22.6. The van der Waals surface area contributed by atoms with Crippen LogP contribution < -0.4 is 9.46 Å². The second-order valence-corrected chi connectivity index (χ2v) is 15.9. The highest BCUT2D eigenvalue weighted by atomic mass is 32.2. The van der Waals surface area contributed by atoms with E-state index in [0.29, 0.717) is 19.4 Å². The molecule has 3 aromatic rings. The Morgan fingerprint density at radius 3 is 2.48 bits per heavy atom. The number of anilines is 1. The molecule has 1 aliphatic heterocycles.